The summed E-state index contributed by atoms with van der Waals surface area (Å²) in [6, 6.07) is 11.5. The van der Waals surface area contributed by atoms with E-state index >= 15 is 0 Å². The van der Waals surface area contributed by atoms with Gasteiger partial charge >= 0.3 is 0 Å². The van der Waals surface area contributed by atoms with Crippen LogP contribution in [-0.4, -0.2) is 30.5 Å². The van der Waals surface area contributed by atoms with Gasteiger partial charge in [0.15, 0.2) is 5.82 Å². The smallest absolute Gasteiger partial charge is 0.226 e. The van der Waals surface area contributed by atoms with Gasteiger partial charge in [-0.25, -0.2) is 9.97 Å². The molecule has 0 unspecified atom stereocenters. The predicted octanol–water partition coefficient (Wildman–Crippen LogP) is 5.28. The Hall–Kier alpha value is -3.33. The number of amides is 1. The predicted molar refractivity (Wildman–Crippen MR) is 125 cm³/mol. The fourth-order valence-corrected chi connectivity index (χ4v) is 3.46. The number of hydrogen-bond donors (Lipinski definition) is 3. The van der Waals surface area contributed by atoms with E-state index in [-0.39, 0.29) is 11.8 Å². The van der Waals surface area contributed by atoms with Crippen LogP contribution in [0, 0.1) is 12.8 Å². The first-order valence-corrected chi connectivity index (χ1v) is 11.0. The Morgan fingerprint density at radius 1 is 1.16 bits per heavy atom. The summed E-state index contributed by atoms with van der Waals surface area (Å²) >= 11 is 1.52. The van der Waals surface area contributed by atoms with E-state index in [1.807, 2.05) is 81.6 Å². The number of imidazole rings is 1. The number of aryl methyl sites for hydroxylation is 1. The number of rotatable bonds is 6. The van der Waals surface area contributed by atoms with Crippen molar-refractivity contribution in [3.8, 4) is 0 Å². The molecule has 1 amide bonds. The van der Waals surface area contributed by atoms with E-state index in [1.54, 1.807) is 6.20 Å². The second-order valence-corrected chi connectivity index (χ2v) is 8.00. The molecule has 0 spiro atoms. The third kappa shape index (κ3) is 5.64. The molecule has 4 aromatic rings. The molecule has 31 heavy (non-hydrogen) atoms. The minimum Gasteiger partial charge on any atom is -0.326 e. The maximum atomic E-state index is 11.8. The van der Waals surface area contributed by atoms with Gasteiger partial charge in [0.05, 0.1) is 0 Å². The van der Waals surface area contributed by atoms with Gasteiger partial charge < -0.3 is 10.6 Å². The summed E-state index contributed by atoms with van der Waals surface area (Å²) in [5.74, 6) is 1.27. The molecule has 3 N–H and O–H groups in total. The van der Waals surface area contributed by atoms with Gasteiger partial charge in [0.2, 0.25) is 11.9 Å². The summed E-state index contributed by atoms with van der Waals surface area (Å²) in [5.41, 5.74) is 2.53. The number of aromatic nitrogens is 5. The Labute approximate surface area is 185 Å². The van der Waals surface area contributed by atoms with Gasteiger partial charge in [-0.3, -0.25) is 14.3 Å². The van der Waals surface area contributed by atoms with Crippen molar-refractivity contribution in [1.29, 1.82) is 0 Å². The van der Waals surface area contributed by atoms with Crippen LogP contribution in [0.3, 0.4) is 0 Å². The van der Waals surface area contributed by atoms with E-state index in [0.29, 0.717) is 11.8 Å². The maximum Gasteiger partial charge on any atom is 0.226 e. The number of nitrogens with one attached hydrogen (secondary N) is 3. The molecule has 0 aliphatic heterocycles. The fourth-order valence-electron chi connectivity index (χ4n) is 2.65. The normalized spacial score (nSPS) is 10.6. The number of benzene rings is 1. The van der Waals surface area contributed by atoms with Crippen LogP contribution >= 0.6 is 11.8 Å². The molecule has 162 valence electrons. The van der Waals surface area contributed by atoms with Crippen LogP contribution in [0.2, 0.25) is 0 Å². The molecule has 0 radical (unpaired) electrons. The Balaban J connectivity index is 0.00000132. The number of nitrogens with zero attached hydrogens (tertiary/aromatic N) is 4. The third-order valence-electron chi connectivity index (χ3n) is 4.18. The molecule has 0 fully saturated rings. The Morgan fingerprint density at radius 2 is 1.90 bits per heavy atom. The van der Waals surface area contributed by atoms with Crippen LogP contribution in [0.25, 0.3) is 5.65 Å². The average molecular weight is 438 g/mol. The topological polar surface area (TPSA) is 100 Å². The van der Waals surface area contributed by atoms with Crippen LogP contribution in [0.1, 0.15) is 33.4 Å². The molecular weight excluding hydrogens is 410 g/mol. The molecule has 0 atom stereocenters. The zero-order valence-corrected chi connectivity index (χ0v) is 19.1. The van der Waals surface area contributed by atoms with Crippen molar-refractivity contribution < 1.29 is 4.79 Å². The lowest BCUT2D eigenvalue weighted by Gasteiger charge is -2.10. The minimum atomic E-state index is -0.0567. The highest BCUT2D eigenvalue weighted by Crippen LogP contribution is 2.29. The number of hydrogen-bond acceptors (Lipinski definition) is 6. The van der Waals surface area contributed by atoms with Gasteiger partial charge in [0, 0.05) is 46.7 Å². The lowest BCUT2D eigenvalue weighted by atomic mass is 10.2. The number of H-pyrrole nitrogens is 1. The van der Waals surface area contributed by atoms with E-state index in [2.05, 4.69) is 25.8 Å². The first-order chi connectivity index (χ1) is 15.0. The standard InChI is InChI=1S/C20H21N7OS.C2H6/c1-12(2)19(28)22-14-4-6-15(7-5-14)29-18-11-17-21-8-9-27(17)20(24-18)23-16-10-13(3)25-26-16;1-2/h4-12H,1-3H3,(H,22,28)(H2,23,24,25,26);1-2H3. The lowest BCUT2D eigenvalue weighted by molar-refractivity contribution is -0.118. The Kier molecular flexibility index (Phi) is 7.30. The molecule has 3 heterocycles. The summed E-state index contributed by atoms with van der Waals surface area (Å²) in [4.78, 5) is 21.9. The monoisotopic (exact) mass is 437 g/mol. The molecule has 0 aliphatic carbocycles. The first kappa shape index (κ1) is 22.4. The van der Waals surface area contributed by atoms with Crippen LogP contribution in [0.15, 0.2) is 58.7 Å². The number of carbonyl (C=O) groups excluding carboxylic acids is 1. The Bertz CT molecular complexity index is 1150. The third-order valence-corrected chi connectivity index (χ3v) is 5.11. The quantitative estimate of drug-likeness (QED) is 0.355. The van der Waals surface area contributed by atoms with Gasteiger partial charge in [-0.1, -0.05) is 39.5 Å². The van der Waals surface area contributed by atoms with Crippen LogP contribution in [-0.2, 0) is 4.79 Å². The van der Waals surface area contributed by atoms with Crippen molar-refractivity contribution in [3.63, 3.8) is 0 Å². The summed E-state index contributed by atoms with van der Waals surface area (Å²) in [6.45, 7) is 9.68. The molecule has 8 nitrogen and oxygen atoms in total. The van der Waals surface area contributed by atoms with E-state index in [9.17, 15) is 4.79 Å². The van der Waals surface area contributed by atoms with Crippen LogP contribution < -0.4 is 10.6 Å². The minimum absolute atomic E-state index is 0.00106. The van der Waals surface area contributed by atoms with Crippen LogP contribution in [0.5, 0.6) is 0 Å². The maximum absolute atomic E-state index is 11.8. The molecule has 4 rings (SSSR count). The number of aromatic amines is 1. The molecule has 3 aromatic heterocycles. The summed E-state index contributed by atoms with van der Waals surface area (Å²) in [7, 11) is 0. The van der Waals surface area contributed by atoms with Gasteiger partial charge in [0.25, 0.3) is 0 Å². The van der Waals surface area contributed by atoms with Crippen molar-refractivity contribution in [2.45, 2.75) is 44.5 Å². The van der Waals surface area contributed by atoms with Crippen molar-refractivity contribution in [1.82, 2.24) is 24.6 Å². The van der Waals surface area contributed by atoms with Gasteiger partial charge in [-0.15, -0.1) is 0 Å². The summed E-state index contributed by atoms with van der Waals surface area (Å²) in [6.07, 6.45) is 3.59. The second-order valence-electron chi connectivity index (χ2n) is 6.91. The second kappa shape index (κ2) is 10.1. The van der Waals surface area contributed by atoms with E-state index in [0.717, 1.165) is 26.9 Å². The van der Waals surface area contributed by atoms with Crippen LogP contribution in [0.4, 0.5) is 17.5 Å². The lowest BCUT2D eigenvalue weighted by Crippen LogP contribution is -2.17. The highest BCUT2D eigenvalue weighted by molar-refractivity contribution is 7.99. The Morgan fingerprint density at radius 3 is 2.55 bits per heavy atom. The number of fused-ring (bicyclic) bond motifs is 1. The molecule has 0 saturated heterocycles. The highest BCUT2D eigenvalue weighted by Gasteiger charge is 2.11. The van der Waals surface area contributed by atoms with Gasteiger partial charge in [-0.2, -0.15) is 5.10 Å². The van der Waals surface area contributed by atoms with E-state index < -0.39 is 0 Å². The zero-order valence-electron chi connectivity index (χ0n) is 18.3. The summed E-state index contributed by atoms with van der Waals surface area (Å²) in [5, 5.41) is 14.0. The van der Waals surface area contributed by atoms with E-state index in [4.69, 9.17) is 4.98 Å². The molecule has 9 heteroatoms. The number of anilines is 3. The van der Waals surface area contributed by atoms with Gasteiger partial charge in [-0.05, 0) is 31.2 Å². The van der Waals surface area contributed by atoms with Crippen molar-refractivity contribution in [2.75, 3.05) is 10.6 Å². The van der Waals surface area contributed by atoms with Crippen molar-refractivity contribution in [2.24, 2.45) is 5.92 Å². The molecular formula is C22H27N7OS. The zero-order chi connectivity index (χ0) is 22.4. The summed E-state index contributed by atoms with van der Waals surface area (Å²) < 4.78 is 1.87. The molecule has 1 aromatic carbocycles. The number of carbonyl (C=O) groups is 1. The highest BCUT2D eigenvalue weighted by atomic mass is 32.2. The molecule has 0 bridgehead atoms. The molecule has 0 saturated carbocycles. The van der Waals surface area contributed by atoms with Crippen molar-refractivity contribution in [3.05, 3.63) is 54.5 Å². The first-order valence-electron chi connectivity index (χ1n) is 10.2. The van der Waals surface area contributed by atoms with Gasteiger partial charge in [0.1, 0.15) is 10.7 Å². The van der Waals surface area contributed by atoms with E-state index in [1.165, 1.54) is 11.8 Å². The average Bonchev–Trinajstić information content (AvgIpc) is 3.39. The molecule has 0 aliphatic rings. The van der Waals surface area contributed by atoms with Crippen molar-refractivity contribution >= 4 is 40.8 Å². The SMILES string of the molecule is CC.Cc1cc(Nc2nc(Sc3ccc(NC(=O)C(C)C)cc3)cc3nccn23)n[nH]1. The largest absolute Gasteiger partial charge is 0.326 e. The fraction of sp³-hybridized carbons (Fsp3) is 0.273.